The first-order valence-electron chi connectivity index (χ1n) is 8.45. The van der Waals surface area contributed by atoms with E-state index >= 15 is 0 Å². The van der Waals surface area contributed by atoms with Crippen molar-refractivity contribution in [2.24, 2.45) is 0 Å². The second-order valence-electron chi connectivity index (χ2n) is 5.49. The Kier molecular flexibility index (Phi) is 6.50. The summed E-state index contributed by atoms with van der Waals surface area (Å²) in [5.74, 6) is 0.0408. The molecule has 2 heterocycles. The lowest BCUT2D eigenvalue weighted by Crippen LogP contribution is -2.18. The van der Waals surface area contributed by atoms with E-state index in [4.69, 9.17) is 14.2 Å². The third kappa shape index (κ3) is 5.35. The van der Waals surface area contributed by atoms with Gasteiger partial charge in [0.15, 0.2) is 6.61 Å². The summed E-state index contributed by atoms with van der Waals surface area (Å²) in [5.41, 5.74) is 0.0542. The predicted octanol–water partition coefficient (Wildman–Crippen LogP) is 1.85. The summed E-state index contributed by atoms with van der Waals surface area (Å²) in [6, 6.07) is 10.3. The Labute approximate surface area is 159 Å². The lowest BCUT2D eigenvalue weighted by molar-refractivity contribution is -0.147. The number of fused-ring (bicyclic) bond motifs is 1. The highest BCUT2D eigenvalue weighted by molar-refractivity contribution is 7.16. The van der Waals surface area contributed by atoms with E-state index in [0.29, 0.717) is 36.0 Å². The van der Waals surface area contributed by atoms with E-state index in [1.807, 2.05) is 25.1 Å². The van der Waals surface area contributed by atoms with Crippen LogP contribution in [0, 0.1) is 0 Å². The van der Waals surface area contributed by atoms with Crippen LogP contribution in [0.3, 0.4) is 0 Å². The molecule has 0 unspecified atom stereocenters. The summed E-state index contributed by atoms with van der Waals surface area (Å²) in [6.07, 6.45) is 0.614. The number of carbonyl (C=O) groups excluding carboxylic acids is 1. The summed E-state index contributed by atoms with van der Waals surface area (Å²) < 4.78 is 17.0. The van der Waals surface area contributed by atoms with Crippen LogP contribution in [0.1, 0.15) is 17.6 Å². The molecule has 0 amide bonds. The van der Waals surface area contributed by atoms with Crippen molar-refractivity contribution in [3.05, 3.63) is 57.5 Å². The zero-order valence-electron chi connectivity index (χ0n) is 14.8. The van der Waals surface area contributed by atoms with Gasteiger partial charge in [0.2, 0.25) is 4.96 Å². The number of hydrogen-bond donors (Lipinski definition) is 0. The van der Waals surface area contributed by atoms with Crippen molar-refractivity contribution < 1.29 is 19.0 Å². The molecule has 27 heavy (non-hydrogen) atoms. The quantitative estimate of drug-likeness (QED) is 0.407. The van der Waals surface area contributed by atoms with Gasteiger partial charge in [-0.1, -0.05) is 29.5 Å². The maximum absolute atomic E-state index is 12.2. The van der Waals surface area contributed by atoms with Crippen LogP contribution in [0.15, 0.2) is 41.2 Å². The molecular weight excluding hydrogens is 370 g/mol. The summed E-state index contributed by atoms with van der Waals surface area (Å²) in [5, 5.41) is 5.00. The number of hydrogen-bond acceptors (Lipinski definition) is 8. The minimum atomic E-state index is -0.539. The van der Waals surface area contributed by atoms with E-state index in [9.17, 15) is 9.59 Å². The number of esters is 1. The zero-order valence-corrected chi connectivity index (χ0v) is 15.6. The Morgan fingerprint density at radius 1 is 1.26 bits per heavy atom. The number of ether oxygens (including phenoxy) is 3. The molecule has 0 aliphatic carbocycles. The van der Waals surface area contributed by atoms with E-state index in [2.05, 4.69) is 10.1 Å². The molecule has 3 aromatic rings. The van der Waals surface area contributed by atoms with Crippen LogP contribution in [0.25, 0.3) is 4.96 Å². The molecule has 0 aliphatic heterocycles. The molecule has 1 aromatic carbocycles. The summed E-state index contributed by atoms with van der Waals surface area (Å²) in [6.45, 7) is 2.77. The van der Waals surface area contributed by atoms with E-state index in [0.717, 1.165) is 5.01 Å². The van der Waals surface area contributed by atoms with E-state index < -0.39 is 5.97 Å². The minimum Gasteiger partial charge on any atom is -0.482 e. The second kappa shape index (κ2) is 9.24. The van der Waals surface area contributed by atoms with Gasteiger partial charge in [0.05, 0.1) is 12.3 Å². The fraction of sp³-hybridized carbons (Fsp3) is 0.333. The molecule has 9 heteroatoms. The number of para-hydroxylation sites is 1. The molecule has 0 saturated heterocycles. The molecule has 0 aliphatic rings. The molecule has 0 saturated carbocycles. The first-order chi connectivity index (χ1) is 13.2. The molecule has 8 nitrogen and oxygen atoms in total. The molecule has 3 rings (SSSR count). The van der Waals surface area contributed by atoms with E-state index in [1.165, 1.54) is 21.9 Å². The monoisotopic (exact) mass is 389 g/mol. The Morgan fingerprint density at radius 2 is 2.07 bits per heavy atom. The van der Waals surface area contributed by atoms with Crippen LogP contribution >= 0.6 is 11.3 Å². The van der Waals surface area contributed by atoms with Gasteiger partial charge >= 0.3 is 5.97 Å². The van der Waals surface area contributed by atoms with Crippen molar-refractivity contribution in [3.63, 3.8) is 0 Å². The molecule has 0 spiro atoms. The van der Waals surface area contributed by atoms with E-state index in [-0.39, 0.29) is 18.8 Å². The highest BCUT2D eigenvalue weighted by Gasteiger charge is 2.11. The van der Waals surface area contributed by atoms with Crippen LogP contribution in [-0.4, -0.2) is 40.4 Å². The van der Waals surface area contributed by atoms with Crippen molar-refractivity contribution in [2.75, 3.05) is 19.8 Å². The van der Waals surface area contributed by atoms with Crippen LogP contribution in [0.4, 0.5) is 0 Å². The summed E-state index contributed by atoms with van der Waals surface area (Å²) in [7, 11) is 0. The fourth-order valence-electron chi connectivity index (χ4n) is 2.23. The van der Waals surface area contributed by atoms with Crippen LogP contribution in [-0.2, 0) is 27.3 Å². The summed E-state index contributed by atoms with van der Waals surface area (Å²) >= 11 is 1.31. The molecule has 142 valence electrons. The highest BCUT2D eigenvalue weighted by Crippen LogP contribution is 2.13. The first-order valence-corrected chi connectivity index (χ1v) is 9.27. The predicted molar refractivity (Wildman–Crippen MR) is 99.1 cm³/mol. The normalized spacial score (nSPS) is 10.9. The first kappa shape index (κ1) is 19.0. The van der Waals surface area contributed by atoms with Gasteiger partial charge in [-0.3, -0.25) is 4.79 Å². The Balaban J connectivity index is 1.58. The smallest absolute Gasteiger partial charge is 0.344 e. The zero-order chi connectivity index (χ0) is 19.1. The van der Waals surface area contributed by atoms with Gasteiger partial charge in [-0.15, -0.1) is 0 Å². The molecule has 0 bridgehead atoms. The van der Waals surface area contributed by atoms with Gasteiger partial charge in [-0.25, -0.2) is 9.78 Å². The van der Waals surface area contributed by atoms with Crippen LogP contribution in [0.2, 0.25) is 0 Å². The molecular formula is C18H19N3O5S. The Morgan fingerprint density at radius 3 is 2.85 bits per heavy atom. The number of rotatable bonds is 9. The maximum Gasteiger partial charge on any atom is 0.344 e. The van der Waals surface area contributed by atoms with Crippen molar-refractivity contribution in [2.45, 2.75) is 20.0 Å². The van der Waals surface area contributed by atoms with Gasteiger partial charge in [0.1, 0.15) is 17.4 Å². The van der Waals surface area contributed by atoms with E-state index in [1.54, 1.807) is 12.1 Å². The van der Waals surface area contributed by atoms with Gasteiger partial charge < -0.3 is 14.2 Å². The van der Waals surface area contributed by atoms with Gasteiger partial charge in [0.25, 0.3) is 5.56 Å². The lowest BCUT2D eigenvalue weighted by atomic mass is 10.3. The second-order valence-corrected chi connectivity index (χ2v) is 6.53. The minimum absolute atomic E-state index is 0.102. The van der Waals surface area contributed by atoms with Gasteiger partial charge in [-0.05, 0) is 19.1 Å². The van der Waals surface area contributed by atoms with Crippen molar-refractivity contribution in [1.82, 2.24) is 14.6 Å². The average Bonchev–Trinajstić information content (AvgIpc) is 3.09. The number of benzene rings is 1. The van der Waals surface area contributed by atoms with Crippen molar-refractivity contribution >= 4 is 22.3 Å². The molecule has 0 N–H and O–H groups in total. The molecule has 0 atom stereocenters. The van der Waals surface area contributed by atoms with Gasteiger partial charge in [-0.2, -0.15) is 9.61 Å². The standard InChI is InChI=1S/C18H19N3O5S/c1-2-24-9-8-15-20-21-16(22)10-13(19-18(21)27-15)11-26-17(23)12-25-14-6-4-3-5-7-14/h3-7,10H,2,8-9,11-12H2,1H3. The number of aromatic nitrogens is 3. The average molecular weight is 389 g/mol. The van der Waals surface area contributed by atoms with Crippen LogP contribution in [0.5, 0.6) is 5.75 Å². The topological polar surface area (TPSA) is 92.0 Å². The maximum atomic E-state index is 12.2. The molecule has 0 radical (unpaired) electrons. The van der Waals surface area contributed by atoms with Crippen molar-refractivity contribution in [3.8, 4) is 5.75 Å². The largest absolute Gasteiger partial charge is 0.482 e. The molecule has 0 fully saturated rings. The molecule has 2 aromatic heterocycles. The Hall–Kier alpha value is -2.78. The van der Waals surface area contributed by atoms with Crippen molar-refractivity contribution in [1.29, 1.82) is 0 Å². The van der Waals surface area contributed by atoms with Gasteiger partial charge in [0, 0.05) is 19.1 Å². The number of nitrogens with zero attached hydrogens (tertiary/aromatic N) is 3. The van der Waals surface area contributed by atoms with Crippen LogP contribution < -0.4 is 10.3 Å². The highest BCUT2D eigenvalue weighted by atomic mass is 32.1. The SMILES string of the molecule is CCOCCc1nn2c(=O)cc(COC(=O)COc3ccccc3)nc2s1. The third-order valence-electron chi connectivity index (χ3n) is 3.49. The Bertz CT molecular complexity index is 955. The lowest BCUT2D eigenvalue weighted by Gasteiger charge is -2.06. The fourth-order valence-corrected chi connectivity index (χ4v) is 3.13. The summed E-state index contributed by atoms with van der Waals surface area (Å²) in [4.78, 5) is 28.8. The number of carbonyl (C=O) groups is 1. The third-order valence-corrected chi connectivity index (χ3v) is 4.45.